The molecule has 0 amide bonds. The van der Waals surface area contributed by atoms with Crippen molar-refractivity contribution in [3.63, 3.8) is 0 Å². The van der Waals surface area contributed by atoms with Gasteiger partial charge in [0, 0.05) is 11.8 Å². The molecule has 1 aromatic carbocycles. The topological polar surface area (TPSA) is 104 Å². The molecule has 2 rings (SSSR count). The lowest BCUT2D eigenvalue weighted by Crippen LogP contribution is -2.15. The van der Waals surface area contributed by atoms with Crippen LogP contribution >= 0.6 is 0 Å². The van der Waals surface area contributed by atoms with Gasteiger partial charge in [0.2, 0.25) is 0 Å². The Morgan fingerprint density at radius 2 is 2.47 bits per heavy atom. The van der Waals surface area contributed by atoms with E-state index < -0.39 is 11.9 Å². The Morgan fingerprint density at radius 3 is 3.21 bits per heavy atom. The van der Waals surface area contributed by atoms with Crippen molar-refractivity contribution in [2.45, 2.75) is 6.54 Å². The van der Waals surface area contributed by atoms with Crippen LogP contribution in [0, 0.1) is 17.2 Å². The molecule has 0 saturated carbocycles. The van der Waals surface area contributed by atoms with Crippen LogP contribution < -0.4 is 0 Å². The van der Waals surface area contributed by atoms with E-state index in [-0.39, 0.29) is 0 Å². The number of aliphatic imine (C=N–C) groups is 1. The van der Waals surface area contributed by atoms with E-state index in [4.69, 9.17) is 5.26 Å². The quantitative estimate of drug-likeness (QED) is 0.645. The third kappa shape index (κ3) is 2.74. The number of nitrogens with zero attached hydrogens (tertiary/aromatic N) is 4. The normalized spacial score (nSPS) is 12.4. The van der Waals surface area contributed by atoms with Crippen LogP contribution in [0.5, 0.6) is 0 Å². The maximum atomic E-state index is 11.2. The van der Waals surface area contributed by atoms with Gasteiger partial charge in [0.05, 0.1) is 19.7 Å². The van der Waals surface area contributed by atoms with Crippen molar-refractivity contribution in [2.75, 3.05) is 7.11 Å². The Bertz CT molecular complexity index is 655. The molecule has 96 valence electrons. The number of aromatic amines is 1. The number of hydrogen-bond acceptors (Lipinski definition) is 6. The number of ether oxygens (including phenoxy) is 1. The maximum absolute atomic E-state index is 11.2. The summed E-state index contributed by atoms with van der Waals surface area (Å²) in [5, 5.41) is 19.3. The fourth-order valence-corrected chi connectivity index (χ4v) is 1.58. The highest BCUT2D eigenvalue weighted by Crippen LogP contribution is 2.14. The van der Waals surface area contributed by atoms with Gasteiger partial charge in [-0.05, 0) is 6.07 Å². The van der Waals surface area contributed by atoms with Gasteiger partial charge in [-0.1, -0.05) is 12.1 Å². The van der Waals surface area contributed by atoms with E-state index >= 15 is 0 Å². The van der Waals surface area contributed by atoms with Gasteiger partial charge in [-0.25, -0.2) is 0 Å². The first kappa shape index (κ1) is 12.7. The number of rotatable bonds is 4. The van der Waals surface area contributed by atoms with Gasteiger partial charge in [0.25, 0.3) is 0 Å². The second-order valence-electron chi connectivity index (χ2n) is 3.73. The predicted octanol–water partition coefficient (Wildman–Crippen LogP) is 0.841. The molecular formula is C12H11N5O2. The molecule has 19 heavy (non-hydrogen) atoms. The van der Waals surface area contributed by atoms with Gasteiger partial charge in [-0.15, -0.1) is 0 Å². The van der Waals surface area contributed by atoms with Gasteiger partial charge >= 0.3 is 5.97 Å². The minimum atomic E-state index is -0.985. The molecule has 0 fully saturated rings. The van der Waals surface area contributed by atoms with Crippen LogP contribution in [-0.4, -0.2) is 34.7 Å². The summed E-state index contributed by atoms with van der Waals surface area (Å²) >= 11 is 0. The molecule has 0 aliphatic carbocycles. The van der Waals surface area contributed by atoms with Crippen LogP contribution in [0.4, 0.5) is 0 Å². The summed E-state index contributed by atoms with van der Waals surface area (Å²) in [5.41, 5.74) is 2.34. The molecule has 0 bridgehead atoms. The number of benzene rings is 1. The van der Waals surface area contributed by atoms with E-state index in [1.54, 1.807) is 0 Å². The predicted molar refractivity (Wildman–Crippen MR) is 67.2 cm³/mol. The van der Waals surface area contributed by atoms with Gasteiger partial charge in [0.1, 0.15) is 11.0 Å². The Balaban J connectivity index is 2.12. The Kier molecular flexibility index (Phi) is 3.83. The fraction of sp³-hybridized carbons (Fsp3) is 0.250. The average molecular weight is 257 g/mol. The zero-order chi connectivity index (χ0) is 13.7. The lowest BCUT2D eigenvalue weighted by Gasteiger charge is -2.00. The van der Waals surface area contributed by atoms with Crippen LogP contribution in [0.25, 0.3) is 11.0 Å². The molecule has 1 aromatic heterocycles. The van der Waals surface area contributed by atoms with Gasteiger partial charge in [-0.2, -0.15) is 20.7 Å². The molecule has 7 heteroatoms. The first-order chi connectivity index (χ1) is 9.26. The zero-order valence-corrected chi connectivity index (χ0v) is 10.2. The number of carbonyl (C=O) groups excluding carboxylic acids is 1. The Labute approximate surface area is 108 Å². The summed E-state index contributed by atoms with van der Waals surface area (Å²) in [5.74, 6) is -1.60. The second kappa shape index (κ2) is 5.73. The molecular weight excluding hydrogens is 246 g/mol. The fourth-order valence-electron chi connectivity index (χ4n) is 1.58. The molecule has 2 aromatic rings. The van der Waals surface area contributed by atoms with Crippen molar-refractivity contribution >= 4 is 23.2 Å². The molecule has 0 saturated heterocycles. The number of H-pyrrole nitrogens is 1. The molecule has 1 atom stereocenters. The summed E-state index contributed by atoms with van der Waals surface area (Å²) in [6.07, 6.45) is 1.28. The lowest BCUT2D eigenvalue weighted by atomic mass is 10.2. The summed E-state index contributed by atoms with van der Waals surface area (Å²) in [6.45, 7) is 0.318. The maximum Gasteiger partial charge on any atom is 0.328 e. The monoisotopic (exact) mass is 257 g/mol. The van der Waals surface area contributed by atoms with Crippen molar-refractivity contribution in [3.8, 4) is 6.07 Å². The average Bonchev–Trinajstić information content (AvgIpc) is 2.92. The molecule has 0 aliphatic rings. The first-order valence-electron chi connectivity index (χ1n) is 5.52. The Morgan fingerprint density at radius 1 is 1.63 bits per heavy atom. The van der Waals surface area contributed by atoms with E-state index in [0.717, 1.165) is 16.6 Å². The van der Waals surface area contributed by atoms with Crippen molar-refractivity contribution in [1.82, 2.24) is 15.4 Å². The summed E-state index contributed by atoms with van der Waals surface area (Å²) in [6, 6.07) is 7.35. The highest BCUT2D eigenvalue weighted by atomic mass is 16.5. The molecule has 1 unspecified atom stereocenters. The number of nitrogens with one attached hydrogen (secondary N) is 1. The third-order valence-corrected chi connectivity index (χ3v) is 2.54. The minimum Gasteiger partial charge on any atom is -0.468 e. The number of nitriles is 1. The summed E-state index contributed by atoms with van der Waals surface area (Å²) in [7, 11) is 1.23. The summed E-state index contributed by atoms with van der Waals surface area (Å²) in [4.78, 5) is 15.3. The zero-order valence-electron chi connectivity index (χ0n) is 10.2. The van der Waals surface area contributed by atoms with Gasteiger partial charge in [0.15, 0.2) is 5.92 Å². The van der Waals surface area contributed by atoms with Crippen molar-refractivity contribution < 1.29 is 9.53 Å². The van der Waals surface area contributed by atoms with Crippen molar-refractivity contribution in [2.24, 2.45) is 10.9 Å². The number of hydrogen-bond donors (Lipinski definition) is 1. The minimum absolute atomic E-state index is 0.318. The van der Waals surface area contributed by atoms with E-state index in [0.29, 0.717) is 6.54 Å². The van der Waals surface area contributed by atoms with Crippen LogP contribution in [0.3, 0.4) is 0 Å². The van der Waals surface area contributed by atoms with E-state index in [9.17, 15) is 4.79 Å². The number of carbonyl (C=O) groups is 1. The standard InChI is InChI=1S/C12H11N5O2/c1-19-12(18)9(5-13)7-14-6-8-3-2-4-10-11(8)16-17-15-10/h2-4,7,9H,6H2,1H3,(H,15,16,17). The van der Waals surface area contributed by atoms with Crippen molar-refractivity contribution in [3.05, 3.63) is 23.8 Å². The molecule has 7 nitrogen and oxygen atoms in total. The number of fused-ring (bicyclic) bond motifs is 1. The van der Waals surface area contributed by atoms with Gasteiger partial charge in [-0.3, -0.25) is 9.79 Å². The van der Waals surface area contributed by atoms with Crippen LogP contribution in [0.15, 0.2) is 23.2 Å². The molecule has 0 spiro atoms. The molecule has 0 aliphatic heterocycles. The lowest BCUT2D eigenvalue weighted by molar-refractivity contribution is -0.141. The highest BCUT2D eigenvalue weighted by molar-refractivity contribution is 5.92. The second-order valence-corrected chi connectivity index (χ2v) is 3.73. The first-order valence-corrected chi connectivity index (χ1v) is 5.52. The number of methoxy groups -OCH3 is 1. The smallest absolute Gasteiger partial charge is 0.328 e. The molecule has 1 heterocycles. The number of aromatic nitrogens is 3. The highest BCUT2D eigenvalue weighted by Gasteiger charge is 2.15. The molecule has 1 N–H and O–H groups in total. The van der Waals surface area contributed by atoms with Crippen molar-refractivity contribution in [1.29, 1.82) is 5.26 Å². The van der Waals surface area contributed by atoms with E-state index in [2.05, 4.69) is 25.1 Å². The largest absolute Gasteiger partial charge is 0.468 e. The van der Waals surface area contributed by atoms with E-state index in [1.165, 1.54) is 13.3 Å². The van der Waals surface area contributed by atoms with Gasteiger partial charge < -0.3 is 4.74 Å². The van der Waals surface area contributed by atoms with Crippen LogP contribution in [0.2, 0.25) is 0 Å². The van der Waals surface area contributed by atoms with Crippen LogP contribution in [0.1, 0.15) is 5.56 Å². The SMILES string of the molecule is COC(=O)C(C#N)C=NCc1cccc2n[nH]nc12. The summed E-state index contributed by atoms with van der Waals surface area (Å²) < 4.78 is 4.48. The van der Waals surface area contributed by atoms with E-state index in [1.807, 2.05) is 24.3 Å². The number of para-hydroxylation sites is 1. The Hall–Kier alpha value is -2.75. The number of esters is 1. The molecule has 0 radical (unpaired) electrons. The third-order valence-electron chi connectivity index (χ3n) is 2.54. The van der Waals surface area contributed by atoms with Crippen LogP contribution in [-0.2, 0) is 16.1 Å².